The van der Waals surface area contributed by atoms with Crippen LogP contribution < -0.4 is 0 Å². The molecule has 16 heavy (non-hydrogen) atoms. The van der Waals surface area contributed by atoms with Crippen molar-refractivity contribution in [1.29, 1.82) is 0 Å². The number of hydrogen-bond donors (Lipinski definition) is 0. The third kappa shape index (κ3) is 11.7. The van der Waals surface area contributed by atoms with Gasteiger partial charge in [0, 0.05) is 12.8 Å². The van der Waals surface area contributed by atoms with Crippen molar-refractivity contribution in [1.82, 2.24) is 0 Å². The molecule has 0 aliphatic heterocycles. The van der Waals surface area contributed by atoms with Gasteiger partial charge in [-0.25, -0.2) is 0 Å². The van der Waals surface area contributed by atoms with E-state index in [1.165, 1.54) is 44.4 Å². The lowest BCUT2D eigenvalue weighted by molar-refractivity contribution is -0.119. The normalized spacial score (nSPS) is 11.0. The molecule has 0 N–H and O–H groups in total. The lowest BCUT2D eigenvalue weighted by atomic mass is 10.0. The molecule has 0 bridgehead atoms. The van der Waals surface area contributed by atoms with Gasteiger partial charge in [-0.15, -0.1) is 0 Å². The van der Waals surface area contributed by atoms with Gasteiger partial charge < -0.3 is 0 Å². The summed E-state index contributed by atoms with van der Waals surface area (Å²) in [7, 11) is 0. The van der Waals surface area contributed by atoms with Crippen molar-refractivity contribution in [3.8, 4) is 0 Å². The molecule has 0 aromatic carbocycles. The average Bonchev–Trinajstić information content (AvgIpc) is 2.25. The van der Waals surface area contributed by atoms with E-state index in [0.717, 1.165) is 25.7 Å². The maximum Gasteiger partial charge on any atom is 0.132 e. The Kier molecular flexibility index (Phi) is 10.9. The summed E-state index contributed by atoms with van der Waals surface area (Å²) in [6.45, 7) is 6.44. The molecule has 0 aromatic rings. The fourth-order valence-electron chi connectivity index (χ4n) is 1.79. The highest BCUT2D eigenvalue weighted by Crippen LogP contribution is 2.11. The minimum Gasteiger partial charge on any atom is -0.300 e. The van der Waals surface area contributed by atoms with E-state index < -0.39 is 0 Å². The first-order valence-electron chi connectivity index (χ1n) is 6.97. The van der Waals surface area contributed by atoms with Gasteiger partial charge in [0.05, 0.1) is 0 Å². The van der Waals surface area contributed by atoms with Crippen molar-refractivity contribution >= 4 is 5.78 Å². The molecule has 0 aliphatic carbocycles. The highest BCUT2D eigenvalue weighted by molar-refractivity contribution is 5.78. The third-order valence-corrected chi connectivity index (χ3v) is 2.96. The van der Waals surface area contributed by atoms with Gasteiger partial charge in [0.2, 0.25) is 0 Å². The van der Waals surface area contributed by atoms with Crippen LogP contribution in [0.4, 0.5) is 0 Å². The van der Waals surface area contributed by atoms with Crippen LogP contribution >= 0.6 is 0 Å². The van der Waals surface area contributed by atoms with E-state index in [1.807, 2.05) is 0 Å². The molecule has 0 spiro atoms. The Morgan fingerprint density at radius 1 is 0.750 bits per heavy atom. The van der Waals surface area contributed by atoms with Crippen LogP contribution in [0.2, 0.25) is 0 Å². The fraction of sp³-hybridized carbons (Fsp3) is 0.867. The summed E-state index contributed by atoms with van der Waals surface area (Å²) in [5.74, 6) is 1.82. The molecule has 0 fully saturated rings. The molecule has 0 aromatic heterocycles. The van der Waals surface area contributed by atoms with Crippen LogP contribution in [0.25, 0.3) is 0 Å². The van der Waals surface area contributed by atoms with Crippen LogP contribution in [0.3, 0.4) is 0 Å². The highest BCUT2D eigenvalue weighted by atomic mass is 16.1. The number of carbonyl (C=O) groups is 1. The van der Waals surface area contributed by atoms with Crippen LogP contribution in [0.1, 0.15) is 85.0 Å². The lowest BCUT2D eigenvalue weighted by Crippen LogP contribution is -1.99. The first-order chi connectivity index (χ1) is 7.66. The van der Waals surface area contributed by atoms with Crippen LogP contribution in [0.15, 0.2) is 0 Å². The second-order valence-electron chi connectivity index (χ2n) is 5.12. The van der Waals surface area contributed by atoms with Gasteiger partial charge in [0.1, 0.15) is 5.78 Å². The molecule has 95 valence electrons. The van der Waals surface area contributed by atoms with Gasteiger partial charge in [-0.05, 0) is 18.8 Å². The van der Waals surface area contributed by atoms with Crippen LogP contribution in [0, 0.1) is 5.92 Å². The molecule has 0 unspecified atom stereocenters. The summed E-state index contributed by atoms with van der Waals surface area (Å²) >= 11 is 0. The van der Waals surface area contributed by atoms with E-state index in [0.29, 0.717) is 5.78 Å². The first-order valence-corrected chi connectivity index (χ1v) is 6.97. The Morgan fingerprint density at radius 2 is 1.31 bits per heavy atom. The van der Waals surface area contributed by atoms with Crippen LogP contribution in [-0.2, 0) is 4.79 Å². The predicted octanol–water partition coefficient (Wildman–Crippen LogP) is 5.09. The second kappa shape index (κ2) is 11.2. The van der Waals surface area contributed by atoms with Gasteiger partial charge in [-0.2, -0.15) is 0 Å². The number of unbranched alkanes of at least 4 members (excludes halogenated alkanes) is 6. The number of hydrogen-bond acceptors (Lipinski definition) is 1. The first kappa shape index (κ1) is 15.7. The Balaban J connectivity index is 3.15. The van der Waals surface area contributed by atoms with E-state index in [-0.39, 0.29) is 0 Å². The summed E-state index contributed by atoms with van der Waals surface area (Å²) in [4.78, 5) is 11.5. The van der Waals surface area contributed by atoms with E-state index >= 15 is 0 Å². The Bertz CT molecular complexity index is 161. The average molecular weight is 225 g/mol. The van der Waals surface area contributed by atoms with Crippen LogP contribution in [0.5, 0.6) is 0 Å². The van der Waals surface area contributed by atoms with Gasteiger partial charge in [0.15, 0.2) is 0 Å². The standard InChI is InChI=1S/C15H29O/c1-4-5-6-7-8-9-10-11-15(16)13-12-14(2)3/h4-13H2,1-3H3. The molecule has 0 heterocycles. The van der Waals surface area contributed by atoms with Crippen LogP contribution in [-0.4, -0.2) is 5.78 Å². The van der Waals surface area contributed by atoms with E-state index in [4.69, 9.17) is 0 Å². The maximum absolute atomic E-state index is 11.5. The molecular weight excluding hydrogens is 196 g/mol. The zero-order valence-electron chi connectivity index (χ0n) is 11.5. The zero-order chi connectivity index (χ0) is 12.2. The molecule has 1 radical (unpaired) electrons. The minimum atomic E-state index is 0.453. The summed E-state index contributed by atoms with van der Waals surface area (Å²) in [6.07, 6.45) is 11.6. The molecule has 0 saturated heterocycles. The Hall–Kier alpha value is -0.330. The van der Waals surface area contributed by atoms with Gasteiger partial charge in [0.25, 0.3) is 0 Å². The second-order valence-corrected chi connectivity index (χ2v) is 5.12. The van der Waals surface area contributed by atoms with Crippen molar-refractivity contribution in [2.45, 2.75) is 85.0 Å². The molecule has 0 atom stereocenters. The summed E-state index contributed by atoms with van der Waals surface area (Å²) < 4.78 is 0. The lowest BCUT2D eigenvalue weighted by Gasteiger charge is -2.03. The summed E-state index contributed by atoms with van der Waals surface area (Å²) in [6, 6.07) is 0. The zero-order valence-corrected chi connectivity index (χ0v) is 11.5. The largest absolute Gasteiger partial charge is 0.300 e. The van der Waals surface area contributed by atoms with E-state index in [9.17, 15) is 4.79 Å². The van der Waals surface area contributed by atoms with E-state index in [1.54, 1.807) is 0 Å². The number of carbonyl (C=O) groups excluding carboxylic acids is 1. The van der Waals surface area contributed by atoms with Crippen molar-refractivity contribution in [3.05, 3.63) is 5.92 Å². The molecule has 0 saturated carbocycles. The van der Waals surface area contributed by atoms with Crippen molar-refractivity contribution in [3.63, 3.8) is 0 Å². The molecule has 1 heteroatoms. The van der Waals surface area contributed by atoms with E-state index in [2.05, 4.69) is 20.8 Å². The molecule has 0 amide bonds. The van der Waals surface area contributed by atoms with Gasteiger partial charge in [-0.3, -0.25) is 4.79 Å². The Labute approximate surface area is 102 Å². The smallest absolute Gasteiger partial charge is 0.132 e. The third-order valence-electron chi connectivity index (χ3n) is 2.96. The predicted molar refractivity (Wildman–Crippen MR) is 71.4 cm³/mol. The topological polar surface area (TPSA) is 17.1 Å². The summed E-state index contributed by atoms with van der Waals surface area (Å²) in [5, 5.41) is 0. The fourth-order valence-corrected chi connectivity index (χ4v) is 1.79. The van der Waals surface area contributed by atoms with Crippen molar-refractivity contribution in [2.24, 2.45) is 0 Å². The SMILES string of the molecule is CCCCCCCCCC(=O)CC[C](C)C. The maximum atomic E-state index is 11.5. The molecule has 1 nitrogen and oxygen atoms in total. The quantitative estimate of drug-likeness (QED) is 0.448. The monoisotopic (exact) mass is 225 g/mol. The van der Waals surface area contributed by atoms with Crippen molar-refractivity contribution in [2.75, 3.05) is 0 Å². The van der Waals surface area contributed by atoms with Crippen molar-refractivity contribution < 1.29 is 4.79 Å². The molecular formula is C15H29O. The molecule has 0 aliphatic rings. The number of Topliss-reactive ketones (excluding diaryl/α,β-unsaturated/α-hetero) is 1. The summed E-state index contributed by atoms with van der Waals surface area (Å²) in [5.41, 5.74) is 0. The van der Waals surface area contributed by atoms with Gasteiger partial charge >= 0.3 is 0 Å². The molecule has 0 rings (SSSR count). The Morgan fingerprint density at radius 3 is 1.88 bits per heavy atom. The highest BCUT2D eigenvalue weighted by Gasteiger charge is 2.03. The number of ketones is 1. The number of rotatable bonds is 11. The van der Waals surface area contributed by atoms with Gasteiger partial charge in [-0.1, -0.05) is 59.3 Å². The minimum absolute atomic E-state index is 0.453.